The first kappa shape index (κ1) is 16.0. The van der Waals surface area contributed by atoms with Gasteiger partial charge < -0.3 is 15.4 Å². The van der Waals surface area contributed by atoms with Crippen LogP contribution in [0.1, 0.15) is 12.8 Å². The van der Waals surface area contributed by atoms with Crippen LogP contribution in [0.25, 0.3) is 0 Å². The number of hydrogen-bond acceptors (Lipinski definition) is 4. The summed E-state index contributed by atoms with van der Waals surface area (Å²) < 4.78 is 4.41. The smallest absolute Gasteiger partial charge is 0.319 e. The quantitative estimate of drug-likeness (QED) is 0.787. The number of anilines is 1. The number of benzene rings is 1. The number of ether oxygens (including phenoxy) is 1. The summed E-state index contributed by atoms with van der Waals surface area (Å²) >= 11 is 5.77. The van der Waals surface area contributed by atoms with Crippen LogP contribution in [0.5, 0.6) is 0 Å². The van der Waals surface area contributed by atoms with E-state index in [0.717, 1.165) is 0 Å². The summed E-state index contributed by atoms with van der Waals surface area (Å²) in [6, 6.07) is 6.12. The van der Waals surface area contributed by atoms with Crippen LogP contribution in [0, 0.1) is 0 Å². The standard InChI is InChI=1S/C13H15ClN2O4/c1-20-12(18)6-5-11(17)8-15-13(19)16-10-4-2-3-9(14)7-10/h2-4,7H,5-6,8H2,1H3,(H2,15,16,19). The van der Waals surface area contributed by atoms with Gasteiger partial charge in [0, 0.05) is 17.1 Å². The Morgan fingerprint density at radius 2 is 2.00 bits per heavy atom. The molecule has 0 aliphatic heterocycles. The molecule has 108 valence electrons. The predicted octanol–water partition coefficient (Wildman–Crippen LogP) is 1.98. The Bertz CT molecular complexity index is 505. The zero-order valence-corrected chi connectivity index (χ0v) is 11.7. The largest absolute Gasteiger partial charge is 0.469 e. The highest BCUT2D eigenvalue weighted by atomic mass is 35.5. The van der Waals surface area contributed by atoms with Gasteiger partial charge in [-0.15, -0.1) is 0 Å². The molecule has 0 spiro atoms. The van der Waals surface area contributed by atoms with Crippen molar-refractivity contribution in [1.29, 1.82) is 0 Å². The lowest BCUT2D eigenvalue weighted by Crippen LogP contribution is -2.33. The number of carbonyl (C=O) groups excluding carboxylic acids is 3. The molecule has 0 saturated heterocycles. The topological polar surface area (TPSA) is 84.5 Å². The zero-order chi connectivity index (χ0) is 15.0. The maximum atomic E-state index is 11.5. The van der Waals surface area contributed by atoms with Crippen molar-refractivity contribution in [2.45, 2.75) is 12.8 Å². The Kier molecular flexibility index (Phi) is 6.52. The van der Waals surface area contributed by atoms with Gasteiger partial charge in [0.1, 0.15) is 0 Å². The molecule has 0 radical (unpaired) electrons. The molecule has 1 aromatic rings. The number of nitrogens with one attached hydrogen (secondary N) is 2. The van der Waals surface area contributed by atoms with Gasteiger partial charge in [-0.1, -0.05) is 17.7 Å². The van der Waals surface area contributed by atoms with E-state index in [-0.39, 0.29) is 25.2 Å². The molecule has 1 aromatic carbocycles. The molecule has 0 saturated carbocycles. The van der Waals surface area contributed by atoms with Crippen LogP contribution in [-0.4, -0.2) is 31.4 Å². The first-order chi connectivity index (χ1) is 9.51. The van der Waals surface area contributed by atoms with E-state index in [1.165, 1.54) is 7.11 Å². The number of rotatable bonds is 6. The first-order valence-electron chi connectivity index (χ1n) is 5.90. The molecule has 0 heterocycles. The third-order valence-corrected chi connectivity index (χ3v) is 2.60. The normalized spacial score (nSPS) is 9.70. The molecule has 2 amide bonds. The summed E-state index contributed by atoms with van der Waals surface area (Å²) in [7, 11) is 1.25. The lowest BCUT2D eigenvalue weighted by Gasteiger charge is -2.07. The summed E-state index contributed by atoms with van der Waals surface area (Å²) in [5.74, 6) is -0.710. The second kappa shape index (κ2) is 8.16. The number of halogens is 1. The van der Waals surface area contributed by atoms with Gasteiger partial charge in [0.15, 0.2) is 5.78 Å². The van der Waals surface area contributed by atoms with Crippen molar-refractivity contribution < 1.29 is 19.1 Å². The minimum Gasteiger partial charge on any atom is -0.469 e. The van der Waals surface area contributed by atoms with Crippen LogP contribution < -0.4 is 10.6 Å². The van der Waals surface area contributed by atoms with E-state index in [2.05, 4.69) is 15.4 Å². The fourth-order valence-corrected chi connectivity index (χ4v) is 1.54. The summed E-state index contributed by atoms with van der Waals surface area (Å²) in [5, 5.41) is 5.43. The number of esters is 1. The van der Waals surface area contributed by atoms with E-state index in [9.17, 15) is 14.4 Å². The Morgan fingerprint density at radius 3 is 2.65 bits per heavy atom. The summed E-state index contributed by atoms with van der Waals surface area (Å²) in [6.45, 7) is -0.149. The molecule has 20 heavy (non-hydrogen) atoms. The Hall–Kier alpha value is -2.08. The van der Waals surface area contributed by atoms with Crippen LogP contribution in [0.2, 0.25) is 5.02 Å². The van der Waals surface area contributed by atoms with Crippen molar-refractivity contribution in [3.63, 3.8) is 0 Å². The number of Topliss-reactive ketones (excluding diaryl/α,β-unsaturated/α-hetero) is 1. The van der Waals surface area contributed by atoms with Gasteiger partial charge >= 0.3 is 12.0 Å². The van der Waals surface area contributed by atoms with Crippen LogP contribution in [0.3, 0.4) is 0 Å². The third-order valence-electron chi connectivity index (χ3n) is 2.36. The molecule has 7 heteroatoms. The minimum absolute atomic E-state index is 0.00687. The second-order valence-corrected chi connectivity index (χ2v) is 4.37. The average molecular weight is 299 g/mol. The fourth-order valence-electron chi connectivity index (χ4n) is 1.35. The number of hydrogen-bond donors (Lipinski definition) is 2. The van der Waals surface area contributed by atoms with Gasteiger partial charge in [-0.3, -0.25) is 9.59 Å². The van der Waals surface area contributed by atoms with Crippen molar-refractivity contribution in [3.05, 3.63) is 29.3 Å². The minimum atomic E-state index is -0.515. The van der Waals surface area contributed by atoms with E-state index < -0.39 is 12.0 Å². The predicted molar refractivity (Wildman–Crippen MR) is 74.7 cm³/mol. The highest BCUT2D eigenvalue weighted by Gasteiger charge is 2.09. The third kappa shape index (κ3) is 6.19. The molecule has 0 unspecified atom stereocenters. The maximum Gasteiger partial charge on any atom is 0.319 e. The van der Waals surface area contributed by atoms with E-state index in [1.54, 1.807) is 24.3 Å². The molecule has 0 aliphatic rings. The van der Waals surface area contributed by atoms with Crippen molar-refractivity contribution in [2.75, 3.05) is 19.0 Å². The van der Waals surface area contributed by atoms with Gasteiger partial charge in [0.05, 0.1) is 20.1 Å². The number of ketones is 1. The van der Waals surface area contributed by atoms with Gasteiger partial charge in [0.25, 0.3) is 0 Å². The molecule has 0 aliphatic carbocycles. The molecule has 0 fully saturated rings. The van der Waals surface area contributed by atoms with Gasteiger partial charge in [-0.25, -0.2) is 4.79 Å². The molecule has 0 atom stereocenters. The van der Waals surface area contributed by atoms with E-state index >= 15 is 0 Å². The average Bonchev–Trinajstić information content (AvgIpc) is 2.42. The number of methoxy groups -OCH3 is 1. The highest BCUT2D eigenvalue weighted by Crippen LogP contribution is 2.14. The lowest BCUT2D eigenvalue weighted by atomic mass is 10.2. The Balaban J connectivity index is 2.29. The van der Waals surface area contributed by atoms with Crippen molar-refractivity contribution in [3.8, 4) is 0 Å². The van der Waals surface area contributed by atoms with Crippen LogP contribution >= 0.6 is 11.6 Å². The van der Waals surface area contributed by atoms with Crippen LogP contribution in [-0.2, 0) is 14.3 Å². The summed E-state index contributed by atoms with van der Waals surface area (Å²) in [5.41, 5.74) is 0.525. The van der Waals surface area contributed by atoms with Crippen molar-refractivity contribution >= 4 is 35.1 Å². The first-order valence-corrected chi connectivity index (χ1v) is 6.28. The van der Waals surface area contributed by atoms with Crippen molar-refractivity contribution in [1.82, 2.24) is 5.32 Å². The molecule has 6 nitrogen and oxygen atoms in total. The van der Waals surface area contributed by atoms with Gasteiger partial charge in [-0.05, 0) is 18.2 Å². The Labute approximate surface area is 121 Å². The number of amides is 2. The van der Waals surface area contributed by atoms with Crippen molar-refractivity contribution in [2.24, 2.45) is 0 Å². The zero-order valence-electron chi connectivity index (χ0n) is 10.9. The molecule has 2 N–H and O–H groups in total. The number of urea groups is 1. The molecular formula is C13H15ClN2O4. The fraction of sp³-hybridized carbons (Fsp3) is 0.308. The van der Waals surface area contributed by atoms with Crippen LogP contribution in [0.4, 0.5) is 10.5 Å². The van der Waals surface area contributed by atoms with E-state index in [1.807, 2.05) is 0 Å². The molecule has 0 bridgehead atoms. The summed E-state index contributed by atoms with van der Waals surface area (Å²) in [6.07, 6.45) is 0.0387. The molecular weight excluding hydrogens is 284 g/mol. The van der Waals surface area contributed by atoms with E-state index in [0.29, 0.717) is 10.7 Å². The summed E-state index contributed by atoms with van der Waals surface area (Å²) in [4.78, 5) is 33.8. The SMILES string of the molecule is COC(=O)CCC(=O)CNC(=O)Nc1cccc(Cl)c1. The van der Waals surface area contributed by atoms with E-state index in [4.69, 9.17) is 11.6 Å². The number of carbonyl (C=O) groups is 3. The monoisotopic (exact) mass is 298 g/mol. The molecule has 0 aromatic heterocycles. The Morgan fingerprint density at radius 1 is 1.25 bits per heavy atom. The highest BCUT2D eigenvalue weighted by molar-refractivity contribution is 6.30. The van der Waals surface area contributed by atoms with Crippen LogP contribution in [0.15, 0.2) is 24.3 Å². The maximum absolute atomic E-state index is 11.5. The lowest BCUT2D eigenvalue weighted by molar-refractivity contribution is -0.141. The van der Waals surface area contributed by atoms with Gasteiger partial charge in [-0.2, -0.15) is 0 Å². The molecule has 1 rings (SSSR count). The second-order valence-electron chi connectivity index (χ2n) is 3.93. The van der Waals surface area contributed by atoms with Gasteiger partial charge in [0.2, 0.25) is 0 Å².